The summed E-state index contributed by atoms with van der Waals surface area (Å²) >= 11 is 0.687. The first kappa shape index (κ1) is 11.2. The monoisotopic (exact) mass is 235 g/mol. The van der Waals surface area contributed by atoms with Gasteiger partial charge in [0, 0.05) is 0 Å². The number of hydrogen-bond acceptors (Lipinski definition) is 4. The normalized spacial score (nSPS) is 11.6. The van der Waals surface area contributed by atoms with Crippen LogP contribution in [0.1, 0.15) is 22.2 Å². The lowest BCUT2D eigenvalue weighted by Crippen LogP contribution is -2.10. The molecule has 14 heavy (non-hydrogen) atoms. The first-order chi connectivity index (χ1) is 6.36. The topological polar surface area (TPSA) is 97.5 Å². The summed E-state index contributed by atoms with van der Waals surface area (Å²) < 4.78 is 21.8. The van der Waals surface area contributed by atoms with Gasteiger partial charge in [-0.1, -0.05) is 6.92 Å². The van der Waals surface area contributed by atoms with Gasteiger partial charge in [-0.05, 0) is 18.1 Å². The second-order valence-corrected chi connectivity index (χ2v) is 5.46. The Morgan fingerprint density at radius 3 is 2.50 bits per heavy atom. The van der Waals surface area contributed by atoms with Gasteiger partial charge < -0.3 is 5.11 Å². The molecule has 0 bridgehead atoms. The molecule has 3 N–H and O–H groups in total. The number of thiophene rings is 1. The summed E-state index contributed by atoms with van der Waals surface area (Å²) in [6.07, 6.45) is 0.466. The molecule has 0 saturated carbocycles. The first-order valence-electron chi connectivity index (χ1n) is 3.75. The quantitative estimate of drug-likeness (QED) is 0.804. The molecule has 1 rings (SSSR count). The van der Waals surface area contributed by atoms with Crippen LogP contribution >= 0.6 is 11.3 Å². The largest absolute Gasteiger partial charge is 0.477 e. The molecule has 0 aliphatic rings. The molecular formula is C7H9NO4S2. The van der Waals surface area contributed by atoms with Crippen molar-refractivity contribution in [2.45, 2.75) is 17.6 Å². The zero-order chi connectivity index (χ0) is 10.9. The zero-order valence-electron chi connectivity index (χ0n) is 7.35. The number of aryl methyl sites for hydroxylation is 1. The maximum atomic E-state index is 10.9. The van der Waals surface area contributed by atoms with Gasteiger partial charge in [-0.25, -0.2) is 18.4 Å². The summed E-state index contributed by atoms with van der Waals surface area (Å²) in [4.78, 5) is 10.7. The third-order valence-corrected chi connectivity index (χ3v) is 4.23. The van der Waals surface area contributed by atoms with Gasteiger partial charge in [-0.15, -0.1) is 11.3 Å². The number of carbonyl (C=O) groups is 1. The van der Waals surface area contributed by atoms with Crippen LogP contribution in [-0.2, 0) is 16.4 Å². The van der Waals surface area contributed by atoms with E-state index in [4.69, 9.17) is 10.2 Å². The van der Waals surface area contributed by atoms with Crippen LogP contribution in [0.15, 0.2) is 10.3 Å². The Bertz CT molecular complexity index is 460. The van der Waals surface area contributed by atoms with Crippen molar-refractivity contribution in [1.82, 2.24) is 0 Å². The Balaban J connectivity index is 3.34. The van der Waals surface area contributed by atoms with Crippen molar-refractivity contribution in [2.24, 2.45) is 5.14 Å². The summed E-state index contributed by atoms with van der Waals surface area (Å²) in [5.74, 6) is -1.12. The highest BCUT2D eigenvalue weighted by atomic mass is 32.2. The molecule has 0 fully saturated rings. The van der Waals surface area contributed by atoms with Gasteiger partial charge in [0.2, 0.25) is 10.0 Å². The lowest BCUT2D eigenvalue weighted by molar-refractivity contribution is 0.0701. The lowest BCUT2D eigenvalue weighted by Gasteiger charge is -1.91. The molecule has 0 amide bonds. The summed E-state index contributed by atoms with van der Waals surface area (Å²) in [7, 11) is -3.79. The SMILES string of the molecule is CCc1cc(S(N)(=O)=O)sc1C(=O)O. The maximum absolute atomic E-state index is 10.9. The fourth-order valence-electron chi connectivity index (χ4n) is 0.987. The summed E-state index contributed by atoms with van der Waals surface area (Å²) in [5.41, 5.74) is 0.492. The smallest absolute Gasteiger partial charge is 0.346 e. The summed E-state index contributed by atoms with van der Waals surface area (Å²) in [6.45, 7) is 1.75. The highest BCUT2D eigenvalue weighted by Crippen LogP contribution is 2.25. The number of aromatic carboxylic acids is 1. The number of primary sulfonamides is 1. The fraction of sp³-hybridized carbons (Fsp3) is 0.286. The van der Waals surface area contributed by atoms with Crippen LogP contribution in [0.25, 0.3) is 0 Å². The van der Waals surface area contributed by atoms with Crippen LogP contribution in [0.4, 0.5) is 0 Å². The van der Waals surface area contributed by atoms with Crippen LogP contribution in [0, 0.1) is 0 Å². The minimum absolute atomic E-state index is 0.0384. The standard InChI is InChI=1S/C7H9NO4S2/c1-2-4-3-5(14(8,11)12)13-6(4)7(9)10/h3H,2H2,1H3,(H,9,10)(H2,8,11,12). The van der Waals surface area contributed by atoms with Crippen LogP contribution in [-0.4, -0.2) is 19.5 Å². The van der Waals surface area contributed by atoms with E-state index in [9.17, 15) is 13.2 Å². The molecule has 1 aromatic heterocycles. The molecule has 0 unspecified atom stereocenters. The third kappa shape index (κ3) is 2.11. The molecule has 0 aliphatic heterocycles. The number of nitrogens with two attached hydrogens (primary N) is 1. The lowest BCUT2D eigenvalue weighted by atomic mass is 10.2. The predicted octanol–water partition coefficient (Wildman–Crippen LogP) is 0.656. The second-order valence-electron chi connectivity index (χ2n) is 2.62. The molecule has 0 aliphatic carbocycles. The molecule has 5 nitrogen and oxygen atoms in total. The van der Waals surface area contributed by atoms with E-state index in [0.29, 0.717) is 23.3 Å². The van der Waals surface area contributed by atoms with Crippen LogP contribution in [0.2, 0.25) is 0 Å². The van der Waals surface area contributed by atoms with Crippen molar-refractivity contribution in [3.63, 3.8) is 0 Å². The molecular weight excluding hydrogens is 226 g/mol. The van der Waals surface area contributed by atoms with Gasteiger partial charge in [0.1, 0.15) is 9.09 Å². The van der Waals surface area contributed by atoms with E-state index in [1.807, 2.05) is 0 Å². The van der Waals surface area contributed by atoms with Crippen molar-refractivity contribution in [1.29, 1.82) is 0 Å². The Kier molecular flexibility index (Phi) is 2.93. The molecule has 0 atom stereocenters. The second kappa shape index (κ2) is 3.68. The van der Waals surface area contributed by atoms with E-state index in [1.54, 1.807) is 6.92 Å². The number of rotatable bonds is 3. The number of hydrogen-bond donors (Lipinski definition) is 2. The Morgan fingerprint density at radius 1 is 1.64 bits per heavy atom. The van der Waals surface area contributed by atoms with E-state index in [2.05, 4.69) is 0 Å². The van der Waals surface area contributed by atoms with Gasteiger partial charge in [0.25, 0.3) is 0 Å². The van der Waals surface area contributed by atoms with Crippen molar-refractivity contribution >= 4 is 27.3 Å². The first-order valence-corrected chi connectivity index (χ1v) is 6.11. The summed E-state index contributed by atoms with van der Waals surface area (Å²) in [6, 6.07) is 1.31. The van der Waals surface area contributed by atoms with Crippen LogP contribution in [0.3, 0.4) is 0 Å². The molecule has 0 spiro atoms. The zero-order valence-corrected chi connectivity index (χ0v) is 8.98. The third-order valence-electron chi connectivity index (χ3n) is 1.64. The van der Waals surface area contributed by atoms with Gasteiger partial charge in [0.05, 0.1) is 0 Å². The number of sulfonamides is 1. The van der Waals surface area contributed by atoms with E-state index in [-0.39, 0.29) is 9.09 Å². The van der Waals surface area contributed by atoms with E-state index < -0.39 is 16.0 Å². The van der Waals surface area contributed by atoms with Gasteiger partial charge in [0.15, 0.2) is 0 Å². The minimum atomic E-state index is -3.79. The molecule has 0 radical (unpaired) electrons. The molecule has 0 saturated heterocycles. The molecule has 78 valence electrons. The van der Waals surface area contributed by atoms with Crippen molar-refractivity contribution in [3.05, 3.63) is 16.5 Å². The van der Waals surface area contributed by atoms with Crippen LogP contribution < -0.4 is 5.14 Å². The highest BCUT2D eigenvalue weighted by Gasteiger charge is 2.19. The Morgan fingerprint density at radius 2 is 2.21 bits per heavy atom. The molecule has 7 heteroatoms. The van der Waals surface area contributed by atoms with E-state index in [1.165, 1.54) is 6.07 Å². The van der Waals surface area contributed by atoms with Crippen LogP contribution in [0.5, 0.6) is 0 Å². The molecule has 0 aromatic carbocycles. The van der Waals surface area contributed by atoms with Gasteiger partial charge in [-0.3, -0.25) is 0 Å². The Hall–Kier alpha value is -0.920. The molecule has 1 aromatic rings. The average molecular weight is 235 g/mol. The highest BCUT2D eigenvalue weighted by molar-refractivity contribution is 7.91. The Labute approximate surface area is 85.2 Å². The number of carboxylic acids is 1. The maximum Gasteiger partial charge on any atom is 0.346 e. The van der Waals surface area contributed by atoms with Crippen molar-refractivity contribution in [2.75, 3.05) is 0 Å². The molecule has 1 heterocycles. The fourth-order valence-corrected chi connectivity index (χ4v) is 2.83. The van der Waals surface area contributed by atoms with Gasteiger partial charge in [-0.2, -0.15) is 0 Å². The van der Waals surface area contributed by atoms with E-state index in [0.717, 1.165) is 0 Å². The number of carboxylic acid groups (broad SMARTS) is 1. The van der Waals surface area contributed by atoms with Gasteiger partial charge >= 0.3 is 5.97 Å². The van der Waals surface area contributed by atoms with Crippen molar-refractivity contribution in [3.8, 4) is 0 Å². The summed E-state index contributed by atoms with van der Waals surface area (Å²) in [5, 5.41) is 13.6. The van der Waals surface area contributed by atoms with E-state index >= 15 is 0 Å². The predicted molar refractivity (Wildman–Crippen MR) is 52.0 cm³/mol. The van der Waals surface area contributed by atoms with Crippen molar-refractivity contribution < 1.29 is 18.3 Å². The average Bonchev–Trinajstić information content (AvgIpc) is 2.45. The minimum Gasteiger partial charge on any atom is -0.477 e.